The minimum absolute atomic E-state index is 0.00844. The third-order valence-electron chi connectivity index (χ3n) is 6.78. The molecule has 1 aromatic carbocycles. The summed E-state index contributed by atoms with van der Waals surface area (Å²) >= 11 is 6.10. The van der Waals surface area contributed by atoms with Gasteiger partial charge < -0.3 is 10.6 Å². The molecule has 146 valence electrons. The molecule has 4 aliphatic carbocycles. The summed E-state index contributed by atoms with van der Waals surface area (Å²) in [5.74, 6) is 0.464. The minimum Gasteiger partial charge on any atom is -0.364 e. The molecule has 4 aliphatic rings. The first-order chi connectivity index (χ1) is 13.4. The highest BCUT2D eigenvalue weighted by Crippen LogP contribution is 2.71. The highest BCUT2D eigenvalue weighted by atomic mass is 35.5. The van der Waals surface area contributed by atoms with Crippen LogP contribution in [0, 0.1) is 17.2 Å². The molecule has 0 saturated heterocycles. The quantitative estimate of drug-likeness (QED) is 0.731. The average Bonchev–Trinajstić information content (AvgIpc) is 3.06. The lowest BCUT2D eigenvalue weighted by atomic mass is 9.36. The van der Waals surface area contributed by atoms with E-state index < -0.39 is 0 Å². The Labute approximate surface area is 168 Å². The average molecular weight is 401 g/mol. The van der Waals surface area contributed by atoms with Gasteiger partial charge in [-0.2, -0.15) is 0 Å². The van der Waals surface area contributed by atoms with Crippen molar-refractivity contribution in [3.8, 4) is 0 Å². The second-order valence-electron chi connectivity index (χ2n) is 8.64. The molecular weight excluding hydrogens is 379 g/mol. The van der Waals surface area contributed by atoms with Crippen LogP contribution in [0.4, 0.5) is 15.9 Å². The number of nitrogens with zero attached hydrogens (tertiary/aromatic N) is 2. The summed E-state index contributed by atoms with van der Waals surface area (Å²) in [4.78, 5) is 21.4. The van der Waals surface area contributed by atoms with E-state index in [0.717, 1.165) is 50.0 Å². The lowest BCUT2D eigenvalue weighted by Gasteiger charge is -2.72. The number of fused-ring (bicyclic) bond motifs is 1. The zero-order valence-electron chi connectivity index (χ0n) is 15.7. The number of aryl methyl sites for hydroxylation is 1. The SMILES string of the molecule is CC(C(=O)Nc1ccc(F)cc1)C12CC(Nc3nc(Cl)nc4c3CCC4)(C1)C2. The van der Waals surface area contributed by atoms with Crippen LogP contribution in [-0.2, 0) is 17.6 Å². The summed E-state index contributed by atoms with van der Waals surface area (Å²) < 4.78 is 13.0. The number of rotatable bonds is 5. The molecule has 1 unspecified atom stereocenters. The molecule has 0 aliphatic heterocycles. The molecule has 3 saturated carbocycles. The van der Waals surface area contributed by atoms with Gasteiger partial charge in [-0.1, -0.05) is 6.92 Å². The van der Waals surface area contributed by atoms with Gasteiger partial charge in [0.15, 0.2) is 0 Å². The molecule has 1 atom stereocenters. The van der Waals surface area contributed by atoms with Gasteiger partial charge in [0, 0.05) is 22.7 Å². The third kappa shape index (κ3) is 2.77. The Bertz CT molecular complexity index is 942. The van der Waals surface area contributed by atoms with Gasteiger partial charge in [0.2, 0.25) is 11.2 Å². The summed E-state index contributed by atoms with van der Waals surface area (Å²) in [6.07, 6.45) is 5.91. The second kappa shape index (κ2) is 6.14. The van der Waals surface area contributed by atoms with Gasteiger partial charge in [0.1, 0.15) is 11.6 Å². The number of amides is 1. The van der Waals surface area contributed by atoms with Crippen molar-refractivity contribution in [1.29, 1.82) is 0 Å². The molecule has 6 rings (SSSR count). The summed E-state index contributed by atoms with van der Waals surface area (Å²) in [6.45, 7) is 1.99. The molecular formula is C21H22ClFN4O. The summed E-state index contributed by atoms with van der Waals surface area (Å²) in [7, 11) is 0. The van der Waals surface area contributed by atoms with E-state index in [1.54, 1.807) is 12.1 Å². The number of hydrogen-bond donors (Lipinski definition) is 2. The number of nitrogens with one attached hydrogen (secondary N) is 2. The topological polar surface area (TPSA) is 66.9 Å². The molecule has 3 fully saturated rings. The van der Waals surface area contributed by atoms with Gasteiger partial charge in [0.25, 0.3) is 0 Å². The standard InChI is InChI=1S/C21H22ClFN4O/c1-12(18(28)24-14-7-5-13(23)6-8-14)20-9-21(10-20,11-20)27-17-15-3-2-4-16(15)25-19(22)26-17/h5-8,12H,2-4,9-11H2,1H3,(H,24,28)(H,25,26,27). The van der Waals surface area contributed by atoms with Crippen LogP contribution < -0.4 is 10.6 Å². The fourth-order valence-electron chi connectivity index (χ4n) is 5.28. The van der Waals surface area contributed by atoms with Gasteiger partial charge in [-0.05, 0) is 79.8 Å². The molecule has 5 nitrogen and oxygen atoms in total. The van der Waals surface area contributed by atoms with Crippen LogP contribution in [0.2, 0.25) is 5.28 Å². The van der Waals surface area contributed by atoms with Crippen molar-refractivity contribution in [3.63, 3.8) is 0 Å². The van der Waals surface area contributed by atoms with E-state index in [1.807, 2.05) is 6.92 Å². The predicted octanol–water partition coefficient (Wildman–Crippen LogP) is 4.37. The van der Waals surface area contributed by atoms with Crippen molar-refractivity contribution in [1.82, 2.24) is 9.97 Å². The van der Waals surface area contributed by atoms with Gasteiger partial charge in [-0.25, -0.2) is 14.4 Å². The number of carbonyl (C=O) groups is 1. The Kier molecular flexibility index (Phi) is 3.92. The lowest BCUT2D eigenvalue weighted by Crippen LogP contribution is -2.74. The van der Waals surface area contributed by atoms with Gasteiger partial charge in [-0.15, -0.1) is 0 Å². The van der Waals surface area contributed by atoms with E-state index >= 15 is 0 Å². The maximum atomic E-state index is 13.0. The number of anilines is 2. The highest BCUT2D eigenvalue weighted by molar-refractivity contribution is 6.28. The fourth-order valence-corrected chi connectivity index (χ4v) is 5.46. The van der Waals surface area contributed by atoms with Crippen LogP contribution in [0.15, 0.2) is 24.3 Å². The number of hydrogen-bond acceptors (Lipinski definition) is 4. The zero-order valence-corrected chi connectivity index (χ0v) is 16.4. The van der Waals surface area contributed by atoms with Crippen LogP contribution in [0.3, 0.4) is 0 Å². The fraction of sp³-hybridized carbons (Fsp3) is 0.476. The molecule has 7 heteroatoms. The summed E-state index contributed by atoms with van der Waals surface area (Å²) in [5, 5.41) is 6.84. The van der Waals surface area contributed by atoms with Gasteiger partial charge in [0.05, 0.1) is 5.69 Å². The molecule has 1 aromatic heterocycles. The van der Waals surface area contributed by atoms with E-state index in [1.165, 1.54) is 17.7 Å². The summed E-state index contributed by atoms with van der Waals surface area (Å²) in [5.41, 5.74) is 2.96. The van der Waals surface area contributed by atoms with Crippen molar-refractivity contribution in [2.24, 2.45) is 11.3 Å². The lowest BCUT2D eigenvalue weighted by molar-refractivity contribution is -0.166. The van der Waals surface area contributed by atoms with Gasteiger partial charge >= 0.3 is 0 Å². The largest absolute Gasteiger partial charge is 0.364 e. The normalized spacial score (nSPS) is 28.0. The number of halogens is 2. The first kappa shape index (κ1) is 17.9. The van der Waals surface area contributed by atoms with Crippen LogP contribution in [-0.4, -0.2) is 21.4 Å². The van der Waals surface area contributed by atoms with E-state index in [-0.39, 0.29) is 28.6 Å². The summed E-state index contributed by atoms with van der Waals surface area (Å²) in [6, 6.07) is 5.88. The Morgan fingerprint density at radius 2 is 1.89 bits per heavy atom. The Hall–Kier alpha value is -2.21. The van der Waals surface area contributed by atoms with Crippen LogP contribution in [0.1, 0.15) is 43.9 Å². The number of aromatic nitrogens is 2. The first-order valence-electron chi connectivity index (χ1n) is 9.78. The maximum Gasteiger partial charge on any atom is 0.227 e. The number of benzene rings is 1. The Morgan fingerprint density at radius 1 is 1.18 bits per heavy atom. The molecule has 0 spiro atoms. The Morgan fingerprint density at radius 3 is 2.61 bits per heavy atom. The smallest absolute Gasteiger partial charge is 0.227 e. The van der Waals surface area contributed by atoms with Crippen molar-refractivity contribution in [3.05, 3.63) is 46.6 Å². The van der Waals surface area contributed by atoms with E-state index in [0.29, 0.717) is 11.0 Å². The van der Waals surface area contributed by atoms with Gasteiger partial charge in [-0.3, -0.25) is 4.79 Å². The molecule has 1 heterocycles. The number of carbonyl (C=O) groups excluding carboxylic acids is 1. The molecule has 2 aromatic rings. The maximum absolute atomic E-state index is 13.0. The van der Waals surface area contributed by atoms with Crippen molar-refractivity contribution >= 4 is 29.0 Å². The van der Waals surface area contributed by atoms with E-state index in [9.17, 15) is 9.18 Å². The monoisotopic (exact) mass is 400 g/mol. The van der Waals surface area contributed by atoms with Crippen molar-refractivity contribution in [2.75, 3.05) is 10.6 Å². The van der Waals surface area contributed by atoms with Crippen LogP contribution in [0.5, 0.6) is 0 Å². The van der Waals surface area contributed by atoms with E-state index in [2.05, 4.69) is 20.6 Å². The predicted molar refractivity (Wildman–Crippen MR) is 106 cm³/mol. The van der Waals surface area contributed by atoms with Crippen molar-refractivity contribution < 1.29 is 9.18 Å². The molecule has 1 amide bonds. The molecule has 28 heavy (non-hydrogen) atoms. The Balaban J connectivity index is 1.23. The molecule has 0 radical (unpaired) electrons. The van der Waals surface area contributed by atoms with Crippen LogP contribution in [0.25, 0.3) is 0 Å². The molecule has 2 N–H and O–H groups in total. The highest BCUT2D eigenvalue weighted by Gasteiger charge is 2.71. The van der Waals surface area contributed by atoms with Crippen molar-refractivity contribution in [2.45, 2.75) is 51.0 Å². The van der Waals surface area contributed by atoms with Crippen LogP contribution >= 0.6 is 11.6 Å². The minimum atomic E-state index is -0.310. The van der Waals surface area contributed by atoms with E-state index in [4.69, 9.17) is 11.6 Å². The molecule has 2 bridgehead atoms. The zero-order chi connectivity index (χ0) is 19.5. The second-order valence-corrected chi connectivity index (χ2v) is 8.97. The first-order valence-corrected chi connectivity index (χ1v) is 10.2. The third-order valence-corrected chi connectivity index (χ3v) is 6.95.